The summed E-state index contributed by atoms with van der Waals surface area (Å²) < 4.78 is 0. The third kappa shape index (κ3) is 3.83. The highest BCUT2D eigenvalue weighted by molar-refractivity contribution is 6.31. The van der Waals surface area contributed by atoms with Gasteiger partial charge in [-0.25, -0.2) is 9.64 Å². The predicted molar refractivity (Wildman–Crippen MR) is 132 cm³/mol. The van der Waals surface area contributed by atoms with Crippen LogP contribution < -0.4 is 9.80 Å². The van der Waals surface area contributed by atoms with Crippen LogP contribution >= 0.6 is 23.2 Å². The molecule has 0 radical (unpaired) electrons. The SMILES string of the molecule is [C-]#[N+]c1cccc(C2N(c3ccc(Cl)cc3)C(=O)N(c3ccc(Cl)cc3)C2(C)CCC)c1. The molecule has 0 spiro atoms. The van der Waals surface area contributed by atoms with Crippen molar-refractivity contribution in [2.24, 2.45) is 0 Å². The molecule has 0 saturated carbocycles. The van der Waals surface area contributed by atoms with Crippen molar-refractivity contribution in [3.05, 3.63) is 99.8 Å². The normalized spacial score (nSPS) is 20.5. The van der Waals surface area contributed by atoms with Gasteiger partial charge in [0, 0.05) is 21.4 Å². The van der Waals surface area contributed by atoms with Crippen molar-refractivity contribution >= 4 is 46.3 Å². The lowest BCUT2D eigenvalue weighted by molar-refractivity contribution is 0.253. The van der Waals surface area contributed by atoms with E-state index >= 15 is 0 Å². The predicted octanol–water partition coefficient (Wildman–Crippen LogP) is 8.29. The molecule has 1 saturated heterocycles. The third-order valence-electron chi connectivity index (χ3n) is 6.02. The minimum atomic E-state index is -0.556. The van der Waals surface area contributed by atoms with Gasteiger partial charge in [0.1, 0.15) is 0 Å². The van der Waals surface area contributed by atoms with E-state index in [0.29, 0.717) is 15.7 Å². The van der Waals surface area contributed by atoms with Crippen LogP contribution in [0.2, 0.25) is 10.0 Å². The van der Waals surface area contributed by atoms with Gasteiger partial charge >= 0.3 is 6.03 Å². The van der Waals surface area contributed by atoms with E-state index in [0.717, 1.165) is 29.8 Å². The maximum Gasteiger partial charge on any atom is 0.330 e. The average Bonchev–Trinajstić information content (AvgIpc) is 3.02. The van der Waals surface area contributed by atoms with Gasteiger partial charge in [-0.15, -0.1) is 0 Å². The molecule has 0 aromatic heterocycles. The van der Waals surface area contributed by atoms with Crippen molar-refractivity contribution < 1.29 is 4.79 Å². The van der Waals surface area contributed by atoms with Gasteiger partial charge in [0.15, 0.2) is 5.69 Å². The quantitative estimate of drug-likeness (QED) is 0.349. The van der Waals surface area contributed by atoms with Gasteiger partial charge in [-0.2, -0.15) is 0 Å². The molecule has 1 fully saturated rings. The summed E-state index contributed by atoms with van der Waals surface area (Å²) in [6, 6.07) is 21.8. The second-order valence-corrected chi connectivity index (χ2v) is 9.03. The highest BCUT2D eigenvalue weighted by atomic mass is 35.5. The molecule has 0 N–H and O–H groups in total. The Labute approximate surface area is 198 Å². The minimum absolute atomic E-state index is 0.121. The van der Waals surface area contributed by atoms with Crippen LogP contribution in [0.5, 0.6) is 0 Å². The van der Waals surface area contributed by atoms with Crippen LogP contribution in [0, 0.1) is 6.57 Å². The van der Waals surface area contributed by atoms with Crippen LogP contribution in [0.4, 0.5) is 21.9 Å². The molecule has 0 aliphatic carbocycles. The number of anilines is 2. The first-order valence-corrected chi connectivity index (χ1v) is 11.3. The Morgan fingerprint density at radius 1 is 0.969 bits per heavy atom. The zero-order valence-corrected chi connectivity index (χ0v) is 19.4. The minimum Gasteiger partial charge on any atom is -0.286 e. The van der Waals surface area contributed by atoms with Crippen LogP contribution in [0.25, 0.3) is 4.85 Å². The Balaban J connectivity index is 1.95. The lowest BCUT2D eigenvalue weighted by Gasteiger charge is -2.39. The summed E-state index contributed by atoms with van der Waals surface area (Å²) in [4.78, 5) is 21.3. The molecule has 2 unspecified atom stereocenters. The van der Waals surface area contributed by atoms with Crippen LogP contribution in [0.3, 0.4) is 0 Å². The maximum absolute atomic E-state index is 14.0. The fourth-order valence-corrected chi connectivity index (χ4v) is 4.97. The number of hydrogen-bond acceptors (Lipinski definition) is 1. The van der Waals surface area contributed by atoms with E-state index in [1.165, 1.54) is 0 Å². The van der Waals surface area contributed by atoms with Crippen LogP contribution in [0.15, 0.2) is 72.8 Å². The molecule has 3 aromatic rings. The first kappa shape index (κ1) is 22.2. The van der Waals surface area contributed by atoms with Crippen LogP contribution in [-0.4, -0.2) is 11.6 Å². The van der Waals surface area contributed by atoms with Crippen molar-refractivity contribution in [1.29, 1.82) is 0 Å². The fraction of sp³-hybridized carbons (Fsp3) is 0.231. The lowest BCUT2D eigenvalue weighted by Crippen LogP contribution is -2.46. The molecular weight excluding hydrogens is 441 g/mol. The van der Waals surface area contributed by atoms with E-state index in [1.807, 2.05) is 52.3 Å². The Morgan fingerprint density at radius 2 is 1.56 bits per heavy atom. The van der Waals surface area contributed by atoms with E-state index in [4.69, 9.17) is 29.8 Å². The molecule has 4 rings (SSSR count). The monoisotopic (exact) mass is 463 g/mol. The van der Waals surface area contributed by atoms with E-state index in [-0.39, 0.29) is 12.1 Å². The van der Waals surface area contributed by atoms with Crippen molar-refractivity contribution in [3.8, 4) is 0 Å². The van der Waals surface area contributed by atoms with Crippen molar-refractivity contribution in [2.45, 2.75) is 38.3 Å². The van der Waals surface area contributed by atoms with Gasteiger partial charge in [0.25, 0.3) is 0 Å². The van der Waals surface area contributed by atoms with Gasteiger partial charge in [-0.05, 0) is 67.4 Å². The zero-order chi connectivity index (χ0) is 22.9. The smallest absolute Gasteiger partial charge is 0.286 e. The van der Waals surface area contributed by atoms with Gasteiger partial charge in [0.05, 0.1) is 18.2 Å². The number of halogens is 2. The summed E-state index contributed by atoms with van der Waals surface area (Å²) >= 11 is 12.3. The number of benzene rings is 3. The van der Waals surface area contributed by atoms with E-state index < -0.39 is 5.54 Å². The highest BCUT2D eigenvalue weighted by Gasteiger charge is 2.55. The number of amides is 2. The van der Waals surface area contributed by atoms with E-state index in [1.54, 1.807) is 30.3 Å². The fourth-order valence-electron chi connectivity index (χ4n) is 4.72. The molecule has 6 heteroatoms. The van der Waals surface area contributed by atoms with Crippen molar-refractivity contribution in [2.75, 3.05) is 9.80 Å². The number of rotatable bonds is 5. The molecule has 1 heterocycles. The summed E-state index contributed by atoms with van der Waals surface area (Å²) in [6.45, 7) is 11.7. The number of nitrogens with zero attached hydrogens (tertiary/aromatic N) is 3. The van der Waals surface area contributed by atoms with Gasteiger partial charge in [-0.1, -0.05) is 60.8 Å². The number of urea groups is 1. The van der Waals surface area contributed by atoms with Crippen molar-refractivity contribution in [1.82, 2.24) is 0 Å². The molecule has 3 aromatic carbocycles. The summed E-state index contributed by atoms with van der Waals surface area (Å²) in [5.41, 5.74) is 2.47. The first-order valence-electron chi connectivity index (χ1n) is 10.5. The van der Waals surface area contributed by atoms with Gasteiger partial charge in [-0.3, -0.25) is 9.80 Å². The maximum atomic E-state index is 14.0. The molecule has 1 aliphatic heterocycles. The summed E-state index contributed by atoms with van der Waals surface area (Å²) in [7, 11) is 0. The third-order valence-corrected chi connectivity index (χ3v) is 6.52. The molecule has 32 heavy (non-hydrogen) atoms. The number of hydrogen-bond donors (Lipinski definition) is 0. The second-order valence-electron chi connectivity index (χ2n) is 8.16. The standard InChI is InChI=1S/C26H23Cl2N3O/c1-4-16-26(2)24(18-6-5-7-21(17-18)29-3)30(22-12-8-19(27)9-13-22)25(32)31(26)23-14-10-20(28)11-15-23/h5-15,17,24H,4,16H2,1-2H3. The van der Waals surface area contributed by atoms with Crippen LogP contribution in [0.1, 0.15) is 38.3 Å². The lowest BCUT2D eigenvalue weighted by atomic mass is 9.82. The Kier molecular flexibility index (Phi) is 6.15. The Morgan fingerprint density at radius 3 is 2.12 bits per heavy atom. The molecule has 0 bridgehead atoms. The molecule has 2 amide bonds. The Hall–Kier alpha value is -3.00. The number of carbonyl (C=O) groups excluding carboxylic acids is 1. The second kappa shape index (κ2) is 8.86. The molecule has 1 aliphatic rings. The highest BCUT2D eigenvalue weighted by Crippen LogP contribution is 2.50. The summed E-state index contributed by atoms with van der Waals surface area (Å²) in [5, 5.41) is 1.23. The molecule has 4 nitrogen and oxygen atoms in total. The molecular formula is C26H23Cl2N3O. The zero-order valence-electron chi connectivity index (χ0n) is 17.9. The topological polar surface area (TPSA) is 27.9 Å². The van der Waals surface area contributed by atoms with Gasteiger partial charge in [0.2, 0.25) is 0 Å². The summed E-state index contributed by atoms with van der Waals surface area (Å²) in [6.07, 6.45) is 1.67. The largest absolute Gasteiger partial charge is 0.330 e. The van der Waals surface area contributed by atoms with Crippen LogP contribution in [-0.2, 0) is 0 Å². The summed E-state index contributed by atoms with van der Waals surface area (Å²) in [5.74, 6) is 0. The Bertz CT molecular complexity index is 1170. The molecule has 2 atom stereocenters. The molecule has 162 valence electrons. The van der Waals surface area contributed by atoms with Gasteiger partial charge < -0.3 is 0 Å². The van der Waals surface area contributed by atoms with E-state index in [9.17, 15) is 4.79 Å². The first-order chi connectivity index (χ1) is 15.4. The van der Waals surface area contributed by atoms with Crippen molar-refractivity contribution in [3.63, 3.8) is 0 Å². The van der Waals surface area contributed by atoms with E-state index in [2.05, 4.69) is 18.7 Å². The average molecular weight is 464 g/mol. The number of carbonyl (C=O) groups is 1.